The smallest absolute Gasteiger partial charge is 0.186 e. The molecule has 0 aliphatic heterocycles. The van der Waals surface area contributed by atoms with Gasteiger partial charge in [0.2, 0.25) is 0 Å². The number of aryl methyl sites for hydroxylation is 1. The number of thioether (sulfide) groups is 1. The van der Waals surface area contributed by atoms with E-state index in [-0.39, 0.29) is 0 Å². The minimum absolute atomic E-state index is 0.644. The van der Waals surface area contributed by atoms with Crippen molar-refractivity contribution in [2.24, 2.45) is 7.05 Å². The molecule has 0 aliphatic rings. The molecule has 5 nitrogen and oxygen atoms in total. The number of hydrogen-bond acceptors (Lipinski definition) is 5. The molecule has 0 saturated heterocycles. The monoisotopic (exact) mass is 264 g/mol. The highest BCUT2D eigenvalue weighted by Crippen LogP contribution is 2.28. The van der Waals surface area contributed by atoms with Gasteiger partial charge in [-0.15, -0.1) is 0 Å². The zero-order valence-corrected chi connectivity index (χ0v) is 11.3. The Labute approximate surface area is 110 Å². The standard InChI is InChI=1S/C12H16N4OS/c1-3-17-11-5-4-10(13)6-9(11)7-18-12-14-8-15-16(12)2/h4-6,8H,3,7,13H2,1-2H3. The fourth-order valence-electron chi connectivity index (χ4n) is 1.57. The van der Waals surface area contributed by atoms with Crippen molar-refractivity contribution in [2.45, 2.75) is 17.8 Å². The quantitative estimate of drug-likeness (QED) is 0.661. The summed E-state index contributed by atoms with van der Waals surface area (Å²) in [5.74, 6) is 1.63. The van der Waals surface area contributed by atoms with Crippen LogP contribution in [0.4, 0.5) is 5.69 Å². The molecular formula is C12H16N4OS. The van der Waals surface area contributed by atoms with E-state index >= 15 is 0 Å². The first-order valence-electron chi connectivity index (χ1n) is 5.68. The summed E-state index contributed by atoms with van der Waals surface area (Å²) in [5.41, 5.74) is 7.62. The van der Waals surface area contributed by atoms with Gasteiger partial charge in [0.25, 0.3) is 0 Å². The molecule has 18 heavy (non-hydrogen) atoms. The van der Waals surface area contributed by atoms with Gasteiger partial charge in [-0.05, 0) is 25.1 Å². The Balaban J connectivity index is 2.12. The third-order valence-electron chi connectivity index (χ3n) is 2.41. The number of benzene rings is 1. The molecule has 0 spiro atoms. The zero-order chi connectivity index (χ0) is 13.0. The van der Waals surface area contributed by atoms with Crippen LogP contribution in [0.1, 0.15) is 12.5 Å². The lowest BCUT2D eigenvalue weighted by molar-refractivity contribution is 0.337. The molecule has 1 aromatic heterocycles. The highest BCUT2D eigenvalue weighted by molar-refractivity contribution is 7.98. The van der Waals surface area contributed by atoms with E-state index in [4.69, 9.17) is 10.5 Å². The molecule has 1 aromatic carbocycles. The fourth-order valence-corrected chi connectivity index (χ4v) is 2.43. The van der Waals surface area contributed by atoms with Gasteiger partial charge in [0.15, 0.2) is 5.16 Å². The maximum absolute atomic E-state index is 5.80. The van der Waals surface area contributed by atoms with Crippen LogP contribution in [-0.2, 0) is 12.8 Å². The third kappa shape index (κ3) is 2.95. The van der Waals surface area contributed by atoms with E-state index in [2.05, 4.69) is 10.1 Å². The molecular weight excluding hydrogens is 248 g/mol. The first kappa shape index (κ1) is 12.8. The summed E-state index contributed by atoms with van der Waals surface area (Å²) in [5, 5.41) is 4.91. The van der Waals surface area contributed by atoms with E-state index in [9.17, 15) is 0 Å². The van der Waals surface area contributed by atoms with Crippen LogP contribution in [0, 0.1) is 0 Å². The van der Waals surface area contributed by atoms with Crippen LogP contribution in [0.15, 0.2) is 29.7 Å². The predicted octanol–water partition coefficient (Wildman–Crippen LogP) is 2.09. The Kier molecular flexibility index (Phi) is 4.09. The van der Waals surface area contributed by atoms with E-state index in [0.717, 1.165) is 27.9 Å². The van der Waals surface area contributed by atoms with Crippen LogP contribution in [0.2, 0.25) is 0 Å². The number of ether oxygens (including phenoxy) is 1. The molecule has 0 saturated carbocycles. The molecule has 2 aromatic rings. The van der Waals surface area contributed by atoms with Crippen molar-refractivity contribution in [3.63, 3.8) is 0 Å². The van der Waals surface area contributed by atoms with Crippen molar-refractivity contribution < 1.29 is 4.74 Å². The molecule has 0 aliphatic carbocycles. The SMILES string of the molecule is CCOc1ccc(N)cc1CSc1ncnn1C. The number of nitrogen functional groups attached to an aromatic ring is 1. The first-order chi connectivity index (χ1) is 8.70. The summed E-state index contributed by atoms with van der Waals surface area (Å²) in [6.07, 6.45) is 1.55. The fraction of sp³-hybridized carbons (Fsp3) is 0.333. The molecule has 96 valence electrons. The molecule has 0 unspecified atom stereocenters. The summed E-state index contributed by atoms with van der Waals surface area (Å²) >= 11 is 1.61. The number of nitrogens with zero attached hydrogens (tertiary/aromatic N) is 3. The molecule has 0 fully saturated rings. The largest absolute Gasteiger partial charge is 0.494 e. The average Bonchev–Trinajstić information content (AvgIpc) is 2.75. The van der Waals surface area contributed by atoms with E-state index in [1.165, 1.54) is 0 Å². The molecule has 2 rings (SSSR count). The molecule has 2 N–H and O–H groups in total. The number of nitrogens with two attached hydrogens (primary N) is 1. The van der Waals surface area contributed by atoms with Crippen LogP contribution in [-0.4, -0.2) is 21.4 Å². The maximum atomic E-state index is 5.80. The topological polar surface area (TPSA) is 66.0 Å². The third-order valence-corrected chi connectivity index (χ3v) is 3.49. The lowest BCUT2D eigenvalue weighted by Crippen LogP contribution is -1.98. The Bertz CT molecular complexity index is 527. The van der Waals surface area contributed by atoms with E-state index in [0.29, 0.717) is 6.61 Å². The van der Waals surface area contributed by atoms with Gasteiger partial charge in [-0.2, -0.15) is 5.10 Å². The van der Waals surface area contributed by atoms with Crippen LogP contribution < -0.4 is 10.5 Å². The number of aromatic nitrogens is 3. The second-order valence-electron chi connectivity index (χ2n) is 3.76. The average molecular weight is 264 g/mol. The minimum Gasteiger partial charge on any atom is -0.494 e. The van der Waals surface area contributed by atoms with Gasteiger partial charge in [0.1, 0.15) is 12.1 Å². The Morgan fingerprint density at radius 1 is 1.44 bits per heavy atom. The summed E-state index contributed by atoms with van der Waals surface area (Å²) < 4.78 is 7.33. The molecule has 6 heteroatoms. The molecule has 0 atom stereocenters. The Morgan fingerprint density at radius 3 is 2.94 bits per heavy atom. The van der Waals surface area contributed by atoms with Crippen molar-refractivity contribution in [1.29, 1.82) is 0 Å². The molecule has 0 bridgehead atoms. The lowest BCUT2D eigenvalue weighted by atomic mass is 10.2. The van der Waals surface area contributed by atoms with Gasteiger partial charge >= 0.3 is 0 Å². The first-order valence-corrected chi connectivity index (χ1v) is 6.67. The summed E-state index contributed by atoms with van der Waals surface area (Å²) in [7, 11) is 1.87. The summed E-state index contributed by atoms with van der Waals surface area (Å²) in [4.78, 5) is 4.17. The van der Waals surface area contributed by atoms with Gasteiger partial charge in [-0.1, -0.05) is 11.8 Å². The number of anilines is 1. The molecule has 1 heterocycles. The summed E-state index contributed by atoms with van der Waals surface area (Å²) in [6.45, 7) is 2.61. The second kappa shape index (κ2) is 5.77. The zero-order valence-electron chi connectivity index (χ0n) is 10.5. The Morgan fingerprint density at radius 2 is 2.28 bits per heavy atom. The summed E-state index contributed by atoms with van der Waals surface area (Å²) in [6, 6.07) is 5.70. The highest BCUT2D eigenvalue weighted by Gasteiger charge is 2.07. The van der Waals surface area contributed by atoms with Crippen molar-refractivity contribution in [1.82, 2.24) is 14.8 Å². The highest BCUT2D eigenvalue weighted by atomic mass is 32.2. The number of rotatable bonds is 5. The lowest BCUT2D eigenvalue weighted by Gasteiger charge is -2.10. The van der Waals surface area contributed by atoms with Crippen LogP contribution in [0.3, 0.4) is 0 Å². The predicted molar refractivity (Wildman–Crippen MR) is 72.6 cm³/mol. The minimum atomic E-state index is 0.644. The van der Waals surface area contributed by atoms with Crippen molar-refractivity contribution in [3.05, 3.63) is 30.1 Å². The van der Waals surface area contributed by atoms with Crippen molar-refractivity contribution >= 4 is 17.4 Å². The maximum Gasteiger partial charge on any atom is 0.186 e. The second-order valence-corrected chi connectivity index (χ2v) is 4.70. The van der Waals surface area contributed by atoms with E-state index in [1.54, 1.807) is 22.8 Å². The van der Waals surface area contributed by atoms with Crippen molar-refractivity contribution in [2.75, 3.05) is 12.3 Å². The molecule has 0 radical (unpaired) electrons. The van der Waals surface area contributed by atoms with Crippen LogP contribution in [0.5, 0.6) is 5.75 Å². The van der Waals surface area contributed by atoms with Crippen LogP contribution >= 0.6 is 11.8 Å². The normalized spacial score (nSPS) is 10.6. The van der Waals surface area contributed by atoms with E-state index in [1.807, 2.05) is 32.2 Å². The van der Waals surface area contributed by atoms with Gasteiger partial charge in [0.05, 0.1) is 6.61 Å². The van der Waals surface area contributed by atoms with Crippen molar-refractivity contribution in [3.8, 4) is 5.75 Å². The van der Waals surface area contributed by atoms with E-state index < -0.39 is 0 Å². The number of hydrogen-bond donors (Lipinski definition) is 1. The van der Waals surface area contributed by atoms with Gasteiger partial charge in [-0.3, -0.25) is 0 Å². The Hall–Kier alpha value is -1.69. The van der Waals surface area contributed by atoms with Gasteiger partial charge < -0.3 is 10.5 Å². The van der Waals surface area contributed by atoms with Gasteiger partial charge in [0, 0.05) is 24.1 Å². The van der Waals surface area contributed by atoms with Crippen LogP contribution in [0.25, 0.3) is 0 Å². The molecule has 0 amide bonds. The van der Waals surface area contributed by atoms with Gasteiger partial charge in [-0.25, -0.2) is 9.67 Å².